The van der Waals surface area contributed by atoms with E-state index in [4.69, 9.17) is 12.2 Å². The summed E-state index contributed by atoms with van der Waals surface area (Å²) in [5, 5.41) is 3.33. The molecular formula is C12H16N2S. The molecule has 0 radical (unpaired) electrons. The van der Waals surface area contributed by atoms with E-state index in [1.807, 2.05) is 0 Å². The Bertz CT molecular complexity index is 356. The molecule has 1 saturated heterocycles. The lowest BCUT2D eigenvalue weighted by molar-refractivity contribution is 0.363. The highest BCUT2D eigenvalue weighted by Gasteiger charge is 2.15. The van der Waals surface area contributed by atoms with Gasteiger partial charge in [0.15, 0.2) is 0 Å². The van der Waals surface area contributed by atoms with Gasteiger partial charge in [0.2, 0.25) is 0 Å². The van der Waals surface area contributed by atoms with E-state index in [1.165, 1.54) is 11.1 Å². The van der Waals surface area contributed by atoms with Gasteiger partial charge in [0, 0.05) is 31.7 Å². The number of nitrogens with one attached hydrogen (secondary N) is 1. The second-order valence-electron chi connectivity index (χ2n) is 3.86. The van der Waals surface area contributed by atoms with Gasteiger partial charge in [-0.1, -0.05) is 36.5 Å². The molecule has 2 rings (SSSR count). The van der Waals surface area contributed by atoms with E-state index in [1.54, 1.807) is 0 Å². The van der Waals surface area contributed by atoms with Crippen molar-refractivity contribution >= 4 is 17.2 Å². The molecular weight excluding hydrogens is 204 g/mol. The average Bonchev–Trinajstić information content (AvgIpc) is 2.30. The van der Waals surface area contributed by atoms with Crippen molar-refractivity contribution < 1.29 is 0 Å². The Kier molecular flexibility index (Phi) is 3.34. The predicted molar refractivity (Wildman–Crippen MR) is 67.3 cm³/mol. The average molecular weight is 220 g/mol. The van der Waals surface area contributed by atoms with Crippen LogP contribution in [0, 0.1) is 6.92 Å². The van der Waals surface area contributed by atoms with Crippen molar-refractivity contribution in [2.75, 3.05) is 26.2 Å². The first-order valence-electron chi connectivity index (χ1n) is 5.34. The van der Waals surface area contributed by atoms with Crippen molar-refractivity contribution in [3.63, 3.8) is 0 Å². The van der Waals surface area contributed by atoms with Gasteiger partial charge in [0.05, 0.1) is 0 Å². The first kappa shape index (κ1) is 10.6. The molecule has 1 fully saturated rings. The van der Waals surface area contributed by atoms with E-state index in [-0.39, 0.29) is 0 Å². The van der Waals surface area contributed by atoms with Gasteiger partial charge >= 0.3 is 0 Å². The molecule has 0 spiro atoms. The number of aryl methyl sites for hydroxylation is 1. The third kappa shape index (κ3) is 2.36. The first-order chi connectivity index (χ1) is 7.29. The highest BCUT2D eigenvalue weighted by Crippen LogP contribution is 2.12. The molecule has 1 aromatic rings. The molecule has 3 heteroatoms. The minimum atomic E-state index is 0.995. The molecule has 1 aliphatic rings. The third-order valence-electron chi connectivity index (χ3n) is 2.78. The molecule has 1 aliphatic heterocycles. The van der Waals surface area contributed by atoms with Crippen LogP contribution in [0.4, 0.5) is 0 Å². The van der Waals surface area contributed by atoms with Crippen LogP contribution in [0.25, 0.3) is 0 Å². The summed E-state index contributed by atoms with van der Waals surface area (Å²) >= 11 is 5.53. The Hall–Kier alpha value is -0.930. The topological polar surface area (TPSA) is 15.3 Å². The third-order valence-corrected chi connectivity index (χ3v) is 3.26. The first-order valence-corrected chi connectivity index (χ1v) is 5.75. The van der Waals surface area contributed by atoms with E-state index < -0.39 is 0 Å². The number of hydrogen-bond acceptors (Lipinski definition) is 2. The van der Waals surface area contributed by atoms with Gasteiger partial charge in [-0.3, -0.25) is 0 Å². The van der Waals surface area contributed by atoms with Crippen LogP contribution in [0.3, 0.4) is 0 Å². The smallest absolute Gasteiger partial charge is 0.109 e. The molecule has 15 heavy (non-hydrogen) atoms. The summed E-state index contributed by atoms with van der Waals surface area (Å²) < 4.78 is 0. The standard InChI is InChI=1S/C12H16N2S/c1-10-4-2-3-5-11(10)12(15)14-8-6-13-7-9-14/h2-5,13H,6-9H2,1H3. The summed E-state index contributed by atoms with van der Waals surface area (Å²) in [6, 6.07) is 8.33. The minimum Gasteiger partial charge on any atom is -0.360 e. The second kappa shape index (κ2) is 4.73. The van der Waals surface area contributed by atoms with Gasteiger partial charge < -0.3 is 10.2 Å². The van der Waals surface area contributed by atoms with Crippen LogP contribution in [0.5, 0.6) is 0 Å². The van der Waals surface area contributed by atoms with Gasteiger partial charge in [-0.2, -0.15) is 0 Å². The molecule has 0 amide bonds. The van der Waals surface area contributed by atoms with Crippen LogP contribution in [0.2, 0.25) is 0 Å². The fraction of sp³-hybridized carbons (Fsp3) is 0.417. The lowest BCUT2D eigenvalue weighted by Gasteiger charge is -2.30. The summed E-state index contributed by atoms with van der Waals surface area (Å²) in [6.45, 7) is 6.22. The number of rotatable bonds is 1. The van der Waals surface area contributed by atoms with E-state index in [2.05, 4.69) is 41.4 Å². The van der Waals surface area contributed by atoms with Crippen LogP contribution >= 0.6 is 12.2 Å². The Morgan fingerprint density at radius 1 is 1.27 bits per heavy atom. The van der Waals surface area contributed by atoms with Gasteiger partial charge in [-0.25, -0.2) is 0 Å². The zero-order valence-corrected chi connectivity index (χ0v) is 9.81. The Morgan fingerprint density at radius 2 is 1.93 bits per heavy atom. The van der Waals surface area contributed by atoms with Crippen molar-refractivity contribution in [3.05, 3.63) is 35.4 Å². The molecule has 0 atom stereocenters. The van der Waals surface area contributed by atoms with E-state index in [0.29, 0.717) is 0 Å². The van der Waals surface area contributed by atoms with Crippen LogP contribution in [0.15, 0.2) is 24.3 Å². The van der Waals surface area contributed by atoms with Crippen molar-refractivity contribution in [3.8, 4) is 0 Å². The number of benzene rings is 1. The summed E-state index contributed by atoms with van der Waals surface area (Å²) in [5.74, 6) is 0. The van der Waals surface area contributed by atoms with Gasteiger partial charge in [0.25, 0.3) is 0 Å². The van der Waals surface area contributed by atoms with Crippen molar-refractivity contribution in [2.24, 2.45) is 0 Å². The molecule has 1 N–H and O–H groups in total. The molecule has 1 aromatic carbocycles. The number of piperazine rings is 1. The highest BCUT2D eigenvalue weighted by atomic mass is 32.1. The van der Waals surface area contributed by atoms with E-state index in [9.17, 15) is 0 Å². The quantitative estimate of drug-likeness (QED) is 0.723. The van der Waals surface area contributed by atoms with Crippen molar-refractivity contribution in [1.82, 2.24) is 10.2 Å². The molecule has 0 saturated carbocycles. The van der Waals surface area contributed by atoms with Crippen LogP contribution in [-0.2, 0) is 0 Å². The lowest BCUT2D eigenvalue weighted by atomic mass is 10.1. The maximum Gasteiger partial charge on any atom is 0.109 e. The van der Waals surface area contributed by atoms with Gasteiger partial charge in [-0.15, -0.1) is 0 Å². The van der Waals surface area contributed by atoms with Crippen LogP contribution in [0.1, 0.15) is 11.1 Å². The largest absolute Gasteiger partial charge is 0.360 e. The fourth-order valence-corrected chi connectivity index (χ4v) is 2.26. The number of nitrogens with zero attached hydrogens (tertiary/aromatic N) is 1. The Labute approximate surface area is 96.3 Å². The van der Waals surface area contributed by atoms with Gasteiger partial charge in [0.1, 0.15) is 4.99 Å². The monoisotopic (exact) mass is 220 g/mol. The van der Waals surface area contributed by atoms with E-state index in [0.717, 1.165) is 31.2 Å². The summed E-state index contributed by atoms with van der Waals surface area (Å²) in [7, 11) is 0. The molecule has 80 valence electrons. The fourth-order valence-electron chi connectivity index (χ4n) is 1.85. The zero-order chi connectivity index (χ0) is 10.7. The Balaban J connectivity index is 2.16. The molecule has 2 nitrogen and oxygen atoms in total. The van der Waals surface area contributed by atoms with E-state index >= 15 is 0 Å². The van der Waals surface area contributed by atoms with Crippen LogP contribution in [-0.4, -0.2) is 36.1 Å². The SMILES string of the molecule is Cc1ccccc1C(=S)N1CCNCC1. The molecule has 0 aliphatic carbocycles. The normalized spacial score (nSPS) is 16.5. The second-order valence-corrected chi connectivity index (χ2v) is 4.24. The Morgan fingerprint density at radius 3 is 2.60 bits per heavy atom. The number of thiocarbonyl (C=S) groups is 1. The van der Waals surface area contributed by atoms with Gasteiger partial charge in [-0.05, 0) is 12.5 Å². The van der Waals surface area contributed by atoms with Crippen molar-refractivity contribution in [1.29, 1.82) is 0 Å². The molecule has 0 aromatic heterocycles. The lowest BCUT2D eigenvalue weighted by Crippen LogP contribution is -2.46. The summed E-state index contributed by atoms with van der Waals surface area (Å²) in [6.07, 6.45) is 0. The summed E-state index contributed by atoms with van der Waals surface area (Å²) in [4.78, 5) is 3.28. The van der Waals surface area contributed by atoms with Crippen LogP contribution < -0.4 is 5.32 Å². The molecule has 0 bridgehead atoms. The molecule has 0 unspecified atom stereocenters. The summed E-state index contributed by atoms with van der Waals surface area (Å²) in [5.41, 5.74) is 2.47. The zero-order valence-electron chi connectivity index (χ0n) is 8.99. The highest BCUT2D eigenvalue weighted by molar-refractivity contribution is 7.80. The minimum absolute atomic E-state index is 0.995. The molecule has 1 heterocycles. The number of hydrogen-bond donors (Lipinski definition) is 1. The van der Waals surface area contributed by atoms with Crippen molar-refractivity contribution in [2.45, 2.75) is 6.92 Å². The predicted octanol–water partition coefficient (Wildman–Crippen LogP) is 1.58. The maximum atomic E-state index is 5.53. The maximum absolute atomic E-state index is 5.53.